The average Bonchev–Trinajstić information content (AvgIpc) is 3.10. The van der Waals surface area contributed by atoms with Gasteiger partial charge in [-0.2, -0.15) is 0 Å². The number of aliphatic hydroxyl groups is 2. The predicted molar refractivity (Wildman–Crippen MR) is 86.1 cm³/mol. The number of rotatable bonds is 2. The Morgan fingerprint density at radius 1 is 0.636 bits per heavy atom. The van der Waals surface area contributed by atoms with E-state index in [-0.39, 0.29) is 11.8 Å². The summed E-state index contributed by atoms with van der Waals surface area (Å²) in [6.45, 7) is 0. The molecule has 2 aromatic carbocycles. The summed E-state index contributed by atoms with van der Waals surface area (Å²) >= 11 is 0. The molecule has 2 N–H and O–H groups in total. The third-order valence-electron chi connectivity index (χ3n) is 5.93. The van der Waals surface area contributed by atoms with Crippen molar-refractivity contribution in [2.45, 2.75) is 36.9 Å². The second kappa shape index (κ2) is 4.94. The first-order chi connectivity index (χ1) is 10.6. The fourth-order valence-corrected chi connectivity index (χ4v) is 4.84. The zero-order valence-corrected chi connectivity index (χ0v) is 12.7. The predicted octanol–water partition coefficient (Wildman–Crippen LogP) is 3.58. The van der Waals surface area contributed by atoms with E-state index in [2.05, 4.69) is 0 Å². The van der Waals surface area contributed by atoms with Crippen LogP contribution in [0, 0.1) is 11.8 Å². The maximum atomic E-state index is 11.3. The molecule has 0 aliphatic heterocycles. The topological polar surface area (TPSA) is 40.5 Å². The van der Waals surface area contributed by atoms with Gasteiger partial charge in [-0.05, 0) is 48.6 Å². The fraction of sp³-hybridized carbons (Fsp3) is 0.400. The fourth-order valence-electron chi connectivity index (χ4n) is 4.84. The second-order valence-electron chi connectivity index (χ2n) is 6.87. The van der Waals surface area contributed by atoms with E-state index >= 15 is 0 Å². The summed E-state index contributed by atoms with van der Waals surface area (Å²) in [6.07, 6.45) is 3.23. The molecule has 2 aliphatic rings. The van der Waals surface area contributed by atoms with E-state index in [0.717, 1.165) is 36.8 Å². The Morgan fingerprint density at radius 2 is 1.00 bits per heavy atom. The Kier molecular flexibility index (Phi) is 3.14. The van der Waals surface area contributed by atoms with Gasteiger partial charge >= 0.3 is 0 Å². The van der Waals surface area contributed by atoms with Crippen molar-refractivity contribution >= 4 is 0 Å². The molecule has 0 heterocycles. The van der Waals surface area contributed by atoms with Crippen LogP contribution >= 0.6 is 0 Å². The van der Waals surface area contributed by atoms with Crippen molar-refractivity contribution in [2.24, 2.45) is 11.8 Å². The molecule has 0 amide bonds. The summed E-state index contributed by atoms with van der Waals surface area (Å²) in [7, 11) is 0. The lowest BCUT2D eigenvalue weighted by Crippen LogP contribution is -2.35. The molecule has 0 unspecified atom stereocenters. The molecule has 22 heavy (non-hydrogen) atoms. The van der Waals surface area contributed by atoms with E-state index < -0.39 is 11.2 Å². The van der Waals surface area contributed by atoms with Gasteiger partial charge in [0.25, 0.3) is 0 Å². The van der Waals surface area contributed by atoms with Gasteiger partial charge in [0.15, 0.2) is 0 Å². The Labute approximate surface area is 131 Å². The number of hydrogen-bond acceptors (Lipinski definition) is 2. The first kappa shape index (κ1) is 14.0. The smallest absolute Gasteiger partial charge is 0.0928 e. The molecule has 0 radical (unpaired) electrons. The lowest BCUT2D eigenvalue weighted by atomic mass is 9.78. The Morgan fingerprint density at radius 3 is 1.36 bits per heavy atom. The maximum Gasteiger partial charge on any atom is 0.0928 e. The SMILES string of the molecule is O[C@@]1(c2ccccc2)CC[C@@H]2[C@H]1CC[C@]2(O)c1ccccc1. The normalized spacial score (nSPS) is 37.2. The van der Waals surface area contributed by atoms with Crippen molar-refractivity contribution in [2.75, 3.05) is 0 Å². The highest BCUT2D eigenvalue weighted by atomic mass is 16.3. The zero-order chi connectivity index (χ0) is 15.2. The van der Waals surface area contributed by atoms with E-state index in [9.17, 15) is 10.2 Å². The quantitative estimate of drug-likeness (QED) is 0.888. The van der Waals surface area contributed by atoms with Gasteiger partial charge in [0, 0.05) is 0 Å². The standard InChI is InChI=1S/C20H22O2/c21-19(15-7-3-1-4-8-15)13-11-18-17(19)12-14-20(18,22)16-9-5-2-6-10-16/h1-10,17-18,21-22H,11-14H2/t17-,18-,19-,20+/m1/s1. The van der Waals surface area contributed by atoms with E-state index in [4.69, 9.17) is 0 Å². The van der Waals surface area contributed by atoms with Gasteiger partial charge in [0.2, 0.25) is 0 Å². The maximum absolute atomic E-state index is 11.3. The van der Waals surface area contributed by atoms with Crippen LogP contribution in [0.3, 0.4) is 0 Å². The van der Waals surface area contributed by atoms with Gasteiger partial charge in [-0.3, -0.25) is 0 Å². The molecule has 2 heteroatoms. The van der Waals surface area contributed by atoms with Crippen molar-refractivity contribution in [3.8, 4) is 0 Å². The van der Waals surface area contributed by atoms with E-state index in [1.807, 2.05) is 60.7 Å². The molecule has 2 aliphatic carbocycles. The van der Waals surface area contributed by atoms with Crippen LogP contribution in [0.1, 0.15) is 36.8 Å². The van der Waals surface area contributed by atoms with Crippen molar-refractivity contribution in [1.82, 2.24) is 0 Å². The summed E-state index contributed by atoms with van der Waals surface area (Å²) in [4.78, 5) is 0. The molecule has 2 fully saturated rings. The lowest BCUT2D eigenvalue weighted by Gasteiger charge is -2.33. The van der Waals surface area contributed by atoms with Crippen LogP contribution in [0.15, 0.2) is 60.7 Å². The van der Waals surface area contributed by atoms with Crippen molar-refractivity contribution in [3.63, 3.8) is 0 Å². The van der Waals surface area contributed by atoms with Gasteiger partial charge in [0.1, 0.15) is 0 Å². The Bertz CT molecular complexity index is 594. The summed E-state index contributed by atoms with van der Waals surface area (Å²) in [5.74, 6) is 0.278. The highest BCUT2D eigenvalue weighted by Crippen LogP contribution is 2.60. The number of fused-ring (bicyclic) bond motifs is 1. The largest absolute Gasteiger partial charge is 0.385 e. The van der Waals surface area contributed by atoms with Gasteiger partial charge in [-0.25, -0.2) is 0 Å². The Balaban J connectivity index is 1.70. The van der Waals surface area contributed by atoms with Crippen LogP contribution in [0.25, 0.3) is 0 Å². The molecule has 114 valence electrons. The van der Waals surface area contributed by atoms with Crippen LogP contribution in [0.4, 0.5) is 0 Å². The van der Waals surface area contributed by atoms with Crippen LogP contribution in [0.2, 0.25) is 0 Å². The first-order valence-electron chi connectivity index (χ1n) is 8.20. The van der Waals surface area contributed by atoms with Gasteiger partial charge in [0.05, 0.1) is 11.2 Å². The van der Waals surface area contributed by atoms with Crippen molar-refractivity contribution in [1.29, 1.82) is 0 Å². The number of benzene rings is 2. The molecule has 0 aromatic heterocycles. The van der Waals surface area contributed by atoms with Crippen molar-refractivity contribution in [3.05, 3.63) is 71.8 Å². The monoisotopic (exact) mass is 294 g/mol. The Hall–Kier alpha value is -1.64. The molecule has 4 atom stereocenters. The summed E-state index contributed by atoms with van der Waals surface area (Å²) in [5, 5.41) is 22.6. The summed E-state index contributed by atoms with van der Waals surface area (Å²) in [6, 6.07) is 20.0. The van der Waals surface area contributed by atoms with Crippen LogP contribution in [0.5, 0.6) is 0 Å². The highest BCUT2D eigenvalue weighted by molar-refractivity contribution is 5.31. The number of hydrogen-bond donors (Lipinski definition) is 2. The van der Waals surface area contributed by atoms with Gasteiger partial charge < -0.3 is 10.2 Å². The zero-order valence-electron chi connectivity index (χ0n) is 12.7. The molecule has 2 saturated carbocycles. The van der Waals surface area contributed by atoms with E-state index in [0.29, 0.717) is 0 Å². The minimum absolute atomic E-state index is 0.139. The van der Waals surface area contributed by atoms with E-state index in [1.165, 1.54) is 0 Å². The average molecular weight is 294 g/mol. The first-order valence-corrected chi connectivity index (χ1v) is 8.20. The molecular formula is C20H22O2. The highest BCUT2D eigenvalue weighted by Gasteiger charge is 2.59. The van der Waals surface area contributed by atoms with Crippen molar-refractivity contribution < 1.29 is 10.2 Å². The molecule has 4 rings (SSSR count). The molecule has 0 spiro atoms. The third-order valence-corrected chi connectivity index (χ3v) is 5.93. The van der Waals surface area contributed by atoms with Crippen LogP contribution in [-0.4, -0.2) is 10.2 Å². The lowest BCUT2D eigenvalue weighted by molar-refractivity contribution is -0.0357. The molecule has 2 nitrogen and oxygen atoms in total. The van der Waals surface area contributed by atoms with Crippen LogP contribution in [-0.2, 0) is 11.2 Å². The van der Waals surface area contributed by atoms with Gasteiger partial charge in [-0.1, -0.05) is 60.7 Å². The molecule has 0 bridgehead atoms. The third kappa shape index (κ3) is 1.87. The summed E-state index contributed by atoms with van der Waals surface area (Å²) < 4.78 is 0. The minimum Gasteiger partial charge on any atom is -0.385 e. The molecular weight excluding hydrogens is 272 g/mol. The van der Waals surface area contributed by atoms with Crippen LogP contribution < -0.4 is 0 Å². The molecule has 2 aromatic rings. The summed E-state index contributed by atoms with van der Waals surface area (Å²) in [5.41, 5.74) is 0.427. The minimum atomic E-state index is -0.787. The second-order valence-corrected chi connectivity index (χ2v) is 6.87. The van der Waals surface area contributed by atoms with Gasteiger partial charge in [-0.15, -0.1) is 0 Å². The molecule has 0 saturated heterocycles. The van der Waals surface area contributed by atoms with E-state index in [1.54, 1.807) is 0 Å².